The van der Waals surface area contributed by atoms with Crippen LogP contribution < -0.4 is 5.56 Å². The molecule has 8 heteroatoms. The predicted octanol–water partition coefficient (Wildman–Crippen LogP) is 3.30. The highest BCUT2D eigenvalue weighted by Gasteiger charge is 2.16. The number of aliphatic hydroxyl groups excluding tert-OH is 1. The van der Waals surface area contributed by atoms with E-state index in [1.54, 1.807) is 18.2 Å². The molecular weight excluding hydrogens is 357 g/mol. The van der Waals surface area contributed by atoms with Gasteiger partial charge in [-0.05, 0) is 18.4 Å². The monoisotopic (exact) mass is 367 g/mol. The second kappa shape index (κ2) is 6.49. The van der Waals surface area contributed by atoms with E-state index in [1.807, 2.05) is 6.26 Å². The van der Waals surface area contributed by atoms with Gasteiger partial charge in [0.05, 0.1) is 33.2 Å². The van der Waals surface area contributed by atoms with Gasteiger partial charge in [-0.1, -0.05) is 41.0 Å². The average molecular weight is 368 g/mol. The number of pyridine rings is 1. The first-order chi connectivity index (χ1) is 11.1. The zero-order chi connectivity index (χ0) is 16.6. The van der Waals surface area contributed by atoms with Crippen molar-refractivity contribution in [2.24, 2.45) is 0 Å². The quantitative estimate of drug-likeness (QED) is 0.568. The van der Waals surface area contributed by atoms with Crippen LogP contribution >= 0.6 is 35.0 Å². The van der Waals surface area contributed by atoms with E-state index in [1.165, 1.54) is 28.7 Å². The maximum absolute atomic E-state index is 12.8. The van der Waals surface area contributed by atoms with Crippen molar-refractivity contribution in [3.8, 4) is 5.69 Å². The van der Waals surface area contributed by atoms with Gasteiger partial charge >= 0.3 is 0 Å². The Hall–Kier alpha value is -1.60. The van der Waals surface area contributed by atoms with Crippen LogP contribution in [-0.2, 0) is 6.61 Å². The number of aromatic nitrogens is 3. The highest BCUT2D eigenvalue weighted by atomic mass is 35.5. The zero-order valence-electron chi connectivity index (χ0n) is 12.0. The maximum atomic E-state index is 12.8. The lowest BCUT2D eigenvalue weighted by Crippen LogP contribution is -2.21. The molecule has 0 amide bonds. The Balaban J connectivity index is 2.40. The largest absolute Gasteiger partial charge is 0.392 e. The molecule has 0 aliphatic heterocycles. The number of hydrogen-bond donors (Lipinski definition) is 1. The molecule has 1 aromatic carbocycles. The van der Waals surface area contributed by atoms with Crippen LogP contribution in [0.5, 0.6) is 0 Å². The SMILES string of the molecule is CSc1ncc2c(=O)n(-c3c(Cl)cccc3Cl)cc(CO)c2n1. The lowest BCUT2D eigenvalue weighted by molar-refractivity contribution is 0.282. The molecule has 2 aromatic heterocycles. The summed E-state index contributed by atoms with van der Waals surface area (Å²) in [6.07, 6.45) is 4.80. The highest BCUT2D eigenvalue weighted by Crippen LogP contribution is 2.28. The van der Waals surface area contributed by atoms with Crippen molar-refractivity contribution in [1.29, 1.82) is 0 Å². The van der Waals surface area contributed by atoms with Gasteiger partial charge in [0.2, 0.25) is 0 Å². The number of rotatable bonds is 3. The van der Waals surface area contributed by atoms with Crippen molar-refractivity contribution in [3.05, 3.63) is 56.6 Å². The minimum absolute atomic E-state index is 0.274. The molecule has 0 radical (unpaired) electrons. The van der Waals surface area contributed by atoms with Gasteiger partial charge in [-0.2, -0.15) is 0 Å². The van der Waals surface area contributed by atoms with Crippen molar-refractivity contribution in [2.45, 2.75) is 11.8 Å². The van der Waals surface area contributed by atoms with Gasteiger partial charge in [0.1, 0.15) is 0 Å². The molecule has 23 heavy (non-hydrogen) atoms. The first kappa shape index (κ1) is 16.3. The lowest BCUT2D eigenvalue weighted by Gasteiger charge is -2.13. The van der Waals surface area contributed by atoms with E-state index >= 15 is 0 Å². The van der Waals surface area contributed by atoms with Gasteiger partial charge in [0, 0.05) is 18.0 Å². The number of halogens is 2. The van der Waals surface area contributed by atoms with Gasteiger partial charge in [-0.15, -0.1) is 0 Å². The number of thioether (sulfide) groups is 1. The Bertz CT molecular complexity index is 939. The number of benzene rings is 1. The van der Waals surface area contributed by atoms with Crippen molar-refractivity contribution >= 4 is 45.9 Å². The summed E-state index contributed by atoms with van der Waals surface area (Å²) in [6.45, 7) is -0.274. The van der Waals surface area contributed by atoms with Gasteiger partial charge in [0.15, 0.2) is 5.16 Å². The van der Waals surface area contributed by atoms with Crippen LogP contribution in [0.3, 0.4) is 0 Å². The normalized spacial score (nSPS) is 11.1. The minimum atomic E-state index is -0.347. The van der Waals surface area contributed by atoms with Crippen LogP contribution in [0, 0.1) is 0 Å². The van der Waals surface area contributed by atoms with Crippen LogP contribution in [0.15, 0.2) is 40.5 Å². The molecule has 1 N–H and O–H groups in total. The highest BCUT2D eigenvalue weighted by molar-refractivity contribution is 7.98. The summed E-state index contributed by atoms with van der Waals surface area (Å²) in [5.41, 5.74) is 0.941. The number of hydrogen-bond acceptors (Lipinski definition) is 5. The van der Waals surface area contributed by atoms with Crippen LogP contribution in [0.2, 0.25) is 10.0 Å². The number of fused-ring (bicyclic) bond motifs is 1. The molecule has 5 nitrogen and oxygen atoms in total. The summed E-state index contributed by atoms with van der Waals surface area (Å²) >= 11 is 13.7. The molecule has 0 unspecified atom stereocenters. The second-order valence-electron chi connectivity index (χ2n) is 4.68. The number of nitrogens with zero attached hydrogens (tertiary/aromatic N) is 3. The summed E-state index contributed by atoms with van der Waals surface area (Å²) in [7, 11) is 0. The van der Waals surface area contributed by atoms with E-state index in [2.05, 4.69) is 9.97 Å². The maximum Gasteiger partial charge on any atom is 0.266 e. The van der Waals surface area contributed by atoms with E-state index in [0.717, 1.165) is 0 Å². The summed E-state index contributed by atoms with van der Waals surface area (Å²) in [6, 6.07) is 4.98. The summed E-state index contributed by atoms with van der Waals surface area (Å²) in [5.74, 6) is 0. The second-order valence-corrected chi connectivity index (χ2v) is 6.26. The Morgan fingerprint density at radius 3 is 2.61 bits per heavy atom. The van der Waals surface area contributed by atoms with Crippen LogP contribution in [0.25, 0.3) is 16.6 Å². The number of aliphatic hydroxyl groups is 1. The third-order valence-corrected chi connectivity index (χ3v) is 4.51. The first-order valence-corrected chi connectivity index (χ1v) is 8.55. The summed E-state index contributed by atoms with van der Waals surface area (Å²) < 4.78 is 1.32. The van der Waals surface area contributed by atoms with E-state index in [4.69, 9.17) is 23.2 Å². The molecule has 0 bridgehead atoms. The Morgan fingerprint density at radius 1 is 1.30 bits per heavy atom. The van der Waals surface area contributed by atoms with Gasteiger partial charge in [-0.3, -0.25) is 9.36 Å². The summed E-state index contributed by atoms with van der Waals surface area (Å²) in [4.78, 5) is 21.2. The van der Waals surface area contributed by atoms with Crippen molar-refractivity contribution in [3.63, 3.8) is 0 Å². The smallest absolute Gasteiger partial charge is 0.266 e. The Morgan fingerprint density at radius 2 is 2.00 bits per heavy atom. The molecule has 118 valence electrons. The molecule has 2 heterocycles. The molecule has 3 rings (SSSR count). The van der Waals surface area contributed by atoms with Gasteiger partial charge in [0.25, 0.3) is 5.56 Å². The van der Waals surface area contributed by atoms with E-state index < -0.39 is 0 Å². The fourth-order valence-corrected chi connectivity index (χ4v) is 3.19. The van der Waals surface area contributed by atoms with Crippen molar-refractivity contribution in [1.82, 2.24) is 14.5 Å². The Kier molecular flexibility index (Phi) is 4.59. The average Bonchev–Trinajstić information content (AvgIpc) is 2.56. The van der Waals surface area contributed by atoms with Crippen LogP contribution in [-0.4, -0.2) is 25.9 Å². The van der Waals surface area contributed by atoms with E-state index in [0.29, 0.717) is 37.4 Å². The minimum Gasteiger partial charge on any atom is -0.392 e. The zero-order valence-corrected chi connectivity index (χ0v) is 14.3. The van der Waals surface area contributed by atoms with Gasteiger partial charge < -0.3 is 5.11 Å². The Labute approximate surface area is 145 Å². The van der Waals surface area contributed by atoms with Crippen LogP contribution in [0.1, 0.15) is 5.56 Å². The molecule has 3 aromatic rings. The molecule has 0 aliphatic carbocycles. The fourth-order valence-electron chi connectivity index (χ4n) is 2.27. The van der Waals surface area contributed by atoms with E-state index in [9.17, 15) is 9.90 Å². The molecule has 0 saturated carbocycles. The lowest BCUT2D eigenvalue weighted by atomic mass is 10.2. The van der Waals surface area contributed by atoms with Crippen LogP contribution in [0.4, 0.5) is 0 Å². The molecular formula is C15H11Cl2N3O2S. The van der Waals surface area contributed by atoms with E-state index in [-0.39, 0.29) is 12.2 Å². The van der Waals surface area contributed by atoms with Crippen molar-refractivity contribution < 1.29 is 5.11 Å². The van der Waals surface area contributed by atoms with Gasteiger partial charge in [-0.25, -0.2) is 9.97 Å². The molecule has 0 aliphatic rings. The summed E-state index contributed by atoms with van der Waals surface area (Å²) in [5, 5.41) is 11.2. The molecule has 0 fully saturated rings. The topological polar surface area (TPSA) is 68.0 Å². The molecule has 0 atom stereocenters. The predicted molar refractivity (Wildman–Crippen MR) is 92.9 cm³/mol. The third kappa shape index (κ3) is 2.83. The number of para-hydroxylation sites is 1. The molecule has 0 spiro atoms. The molecule has 0 saturated heterocycles. The first-order valence-electron chi connectivity index (χ1n) is 6.57. The fraction of sp³-hybridized carbons (Fsp3) is 0.133. The third-order valence-electron chi connectivity index (χ3n) is 3.34. The standard InChI is InChI=1S/C15H11Cl2N3O2S/c1-23-15-18-5-9-12(19-15)8(7-21)6-20(14(9)22)13-10(16)3-2-4-11(13)17/h2-6,21H,7H2,1H3. The van der Waals surface area contributed by atoms with Crippen molar-refractivity contribution in [2.75, 3.05) is 6.26 Å².